The Morgan fingerprint density at radius 3 is 2.30 bits per heavy atom. The SMILES string of the molecule is CN(C)CC(C)(C)/C=N/O. The third kappa shape index (κ3) is 4.32. The van der Waals surface area contributed by atoms with Gasteiger partial charge in [-0.25, -0.2) is 0 Å². The van der Waals surface area contributed by atoms with Crippen molar-refractivity contribution in [1.29, 1.82) is 0 Å². The highest BCUT2D eigenvalue weighted by Gasteiger charge is 2.15. The fourth-order valence-corrected chi connectivity index (χ4v) is 1.01. The molecule has 3 heteroatoms. The molecule has 3 nitrogen and oxygen atoms in total. The fraction of sp³-hybridized carbons (Fsp3) is 0.857. The van der Waals surface area contributed by atoms with Gasteiger partial charge in [0.05, 0.1) is 6.21 Å². The highest BCUT2D eigenvalue weighted by molar-refractivity contribution is 5.64. The largest absolute Gasteiger partial charge is 0.411 e. The molecule has 0 fully saturated rings. The predicted octanol–water partition coefficient (Wildman–Crippen LogP) is 1.03. The van der Waals surface area contributed by atoms with Gasteiger partial charge in [0.1, 0.15) is 0 Å². The van der Waals surface area contributed by atoms with Gasteiger partial charge in [-0.15, -0.1) is 5.16 Å². The van der Waals surface area contributed by atoms with E-state index in [-0.39, 0.29) is 5.41 Å². The smallest absolute Gasteiger partial charge is 0.0504 e. The Labute approximate surface area is 62.3 Å². The summed E-state index contributed by atoms with van der Waals surface area (Å²) in [6, 6.07) is 0. The summed E-state index contributed by atoms with van der Waals surface area (Å²) in [6.07, 6.45) is 1.55. The Morgan fingerprint density at radius 1 is 1.50 bits per heavy atom. The summed E-state index contributed by atoms with van der Waals surface area (Å²) in [5.41, 5.74) is -0.0434. The van der Waals surface area contributed by atoms with E-state index in [0.717, 1.165) is 6.54 Å². The van der Waals surface area contributed by atoms with Gasteiger partial charge in [0.2, 0.25) is 0 Å². The normalized spacial score (nSPS) is 13.3. The quantitative estimate of drug-likeness (QED) is 0.365. The van der Waals surface area contributed by atoms with E-state index in [4.69, 9.17) is 5.21 Å². The molecule has 0 bridgehead atoms. The molecular weight excluding hydrogens is 128 g/mol. The molecule has 0 aliphatic rings. The van der Waals surface area contributed by atoms with Crippen molar-refractivity contribution in [2.45, 2.75) is 13.8 Å². The van der Waals surface area contributed by atoms with Crippen LogP contribution in [0.1, 0.15) is 13.8 Å². The average Bonchev–Trinajstić information content (AvgIpc) is 1.59. The van der Waals surface area contributed by atoms with Crippen molar-refractivity contribution in [3.8, 4) is 0 Å². The molecule has 0 aromatic rings. The Hall–Kier alpha value is -0.570. The summed E-state index contributed by atoms with van der Waals surface area (Å²) in [5.74, 6) is 0. The van der Waals surface area contributed by atoms with Crippen molar-refractivity contribution in [1.82, 2.24) is 4.90 Å². The van der Waals surface area contributed by atoms with Crippen molar-refractivity contribution in [2.24, 2.45) is 10.6 Å². The molecule has 0 aromatic heterocycles. The first kappa shape index (κ1) is 9.43. The summed E-state index contributed by atoms with van der Waals surface area (Å²) in [5, 5.41) is 11.3. The highest BCUT2D eigenvalue weighted by atomic mass is 16.4. The van der Waals surface area contributed by atoms with Gasteiger partial charge in [-0.05, 0) is 14.1 Å². The van der Waals surface area contributed by atoms with Crippen LogP contribution >= 0.6 is 0 Å². The number of oxime groups is 1. The second kappa shape index (κ2) is 3.56. The molecule has 0 radical (unpaired) electrons. The van der Waals surface area contributed by atoms with E-state index < -0.39 is 0 Å². The fourth-order valence-electron chi connectivity index (χ4n) is 1.01. The number of hydrogen-bond acceptors (Lipinski definition) is 3. The van der Waals surface area contributed by atoms with Crippen LogP contribution in [0.4, 0.5) is 0 Å². The maximum Gasteiger partial charge on any atom is 0.0504 e. The minimum atomic E-state index is -0.0434. The molecule has 0 saturated heterocycles. The second-order valence-electron chi connectivity index (χ2n) is 3.47. The van der Waals surface area contributed by atoms with E-state index in [1.54, 1.807) is 6.21 Å². The van der Waals surface area contributed by atoms with Gasteiger partial charge in [-0.1, -0.05) is 13.8 Å². The summed E-state index contributed by atoms with van der Waals surface area (Å²) in [4.78, 5) is 2.06. The zero-order chi connectivity index (χ0) is 8.20. The van der Waals surface area contributed by atoms with Crippen LogP contribution in [0.5, 0.6) is 0 Å². The minimum absolute atomic E-state index is 0.0434. The zero-order valence-corrected chi connectivity index (χ0v) is 7.13. The van der Waals surface area contributed by atoms with Crippen molar-refractivity contribution >= 4 is 6.21 Å². The van der Waals surface area contributed by atoms with Gasteiger partial charge in [-0.3, -0.25) is 0 Å². The Kier molecular flexibility index (Phi) is 3.36. The van der Waals surface area contributed by atoms with Crippen LogP contribution in [-0.4, -0.2) is 37.0 Å². The average molecular weight is 144 g/mol. The number of rotatable bonds is 3. The Morgan fingerprint density at radius 2 is 2.00 bits per heavy atom. The van der Waals surface area contributed by atoms with Crippen LogP contribution in [0.2, 0.25) is 0 Å². The summed E-state index contributed by atoms with van der Waals surface area (Å²) >= 11 is 0. The summed E-state index contributed by atoms with van der Waals surface area (Å²) in [7, 11) is 3.99. The van der Waals surface area contributed by atoms with Crippen LogP contribution in [0, 0.1) is 5.41 Å². The molecule has 0 atom stereocenters. The lowest BCUT2D eigenvalue weighted by molar-refractivity contribution is 0.289. The van der Waals surface area contributed by atoms with Crippen molar-refractivity contribution in [3.63, 3.8) is 0 Å². The van der Waals surface area contributed by atoms with Gasteiger partial charge in [-0.2, -0.15) is 0 Å². The third-order valence-corrected chi connectivity index (χ3v) is 1.13. The van der Waals surface area contributed by atoms with Crippen molar-refractivity contribution in [3.05, 3.63) is 0 Å². The van der Waals surface area contributed by atoms with Crippen molar-refractivity contribution in [2.75, 3.05) is 20.6 Å². The molecule has 0 heterocycles. The molecule has 0 saturated carbocycles. The molecule has 10 heavy (non-hydrogen) atoms. The van der Waals surface area contributed by atoms with E-state index >= 15 is 0 Å². The molecule has 60 valence electrons. The molecular formula is C7H16N2O. The van der Waals surface area contributed by atoms with Crippen LogP contribution in [0.25, 0.3) is 0 Å². The summed E-state index contributed by atoms with van der Waals surface area (Å²) in [6.45, 7) is 4.93. The monoisotopic (exact) mass is 144 g/mol. The predicted molar refractivity (Wildman–Crippen MR) is 42.6 cm³/mol. The minimum Gasteiger partial charge on any atom is -0.411 e. The van der Waals surface area contributed by atoms with Crippen LogP contribution in [0.3, 0.4) is 0 Å². The molecule has 0 aromatic carbocycles. The van der Waals surface area contributed by atoms with E-state index in [1.807, 2.05) is 27.9 Å². The Bertz CT molecular complexity index is 119. The van der Waals surface area contributed by atoms with Gasteiger partial charge in [0.25, 0.3) is 0 Å². The van der Waals surface area contributed by atoms with Gasteiger partial charge < -0.3 is 10.1 Å². The van der Waals surface area contributed by atoms with Gasteiger partial charge >= 0.3 is 0 Å². The van der Waals surface area contributed by atoms with E-state index in [0.29, 0.717) is 0 Å². The van der Waals surface area contributed by atoms with Gasteiger partial charge in [0, 0.05) is 12.0 Å². The molecule has 0 amide bonds. The van der Waals surface area contributed by atoms with Crippen LogP contribution in [-0.2, 0) is 0 Å². The molecule has 0 rings (SSSR count). The first-order chi connectivity index (χ1) is 4.48. The number of hydrogen-bond donors (Lipinski definition) is 1. The van der Waals surface area contributed by atoms with Crippen LogP contribution < -0.4 is 0 Å². The highest BCUT2D eigenvalue weighted by Crippen LogP contribution is 2.11. The lowest BCUT2D eigenvalue weighted by atomic mass is 9.95. The third-order valence-electron chi connectivity index (χ3n) is 1.13. The lowest BCUT2D eigenvalue weighted by Crippen LogP contribution is -2.29. The van der Waals surface area contributed by atoms with E-state index in [2.05, 4.69) is 10.1 Å². The summed E-state index contributed by atoms with van der Waals surface area (Å²) < 4.78 is 0. The van der Waals surface area contributed by atoms with Crippen molar-refractivity contribution < 1.29 is 5.21 Å². The first-order valence-corrected chi connectivity index (χ1v) is 3.31. The Balaban J connectivity index is 3.86. The molecule has 0 unspecified atom stereocenters. The zero-order valence-electron chi connectivity index (χ0n) is 7.13. The lowest BCUT2D eigenvalue weighted by Gasteiger charge is -2.22. The topological polar surface area (TPSA) is 35.8 Å². The molecule has 1 N–H and O–H groups in total. The van der Waals surface area contributed by atoms with Gasteiger partial charge in [0.15, 0.2) is 0 Å². The van der Waals surface area contributed by atoms with E-state index in [1.165, 1.54) is 0 Å². The molecule has 0 aliphatic carbocycles. The molecule has 0 spiro atoms. The maximum atomic E-state index is 8.27. The molecule has 0 aliphatic heterocycles. The standard InChI is InChI=1S/C7H16N2O/c1-7(2,5-8-10)6-9(3)4/h5,10H,6H2,1-4H3/b8-5+. The second-order valence-corrected chi connectivity index (χ2v) is 3.47. The maximum absolute atomic E-state index is 8.27. The number of nitrogens with zero attached hydrogens (tertiary/aromatic N) is 2. The van der Waals surface area contributed by atoms with E-state index in [9.17, 15) is 0 Å². The van der Waals surface area contributed by atoms with Crippen LogP contribution in [0.15, 0.2) is 5.16 Å². The first-order valence-electron chi connectivity index (χ1n) is 3.31.